The molecule has 1 heterocycles. The Labute approximate surface area is 197 Å². The molecule has 0 bridgehead atoms. The van der Waals surface area contributed by atoms with Gasteiger partial charge in [0.1, 0.15) is 0 Å². The number of alkyl halides is 3. The van der Waals surface area contributed by atoms with Crippen LogP contribution in [0, 0.1) is 0 Å². The van der Waals surface area contributed by atoms with Crippen molar-refractivity contribution in [3.63, 3.8) is 0 Å². The average molecular weight is 509 g/mol. The summed E-state index contributed by atoms with van der Waals surface area (Å²) >= 11 is 18.0. The number of carbonyl (C=O) groups excluding carboxylic acids is 1. The van der Waals surface area contributed by atoms with E-state index in [1.807, 2.05) is 6.92 Å². The standard InChI is InChI=1S/C21H19Cl3F3N3O2/c1-2-3-4-19(31)29-28-17-7-12(5-6-16(17)24)18-11-20(32-30-18,21(25,26)27)13-8-14(22)10-15(23)9-13/h5-10,28H,2-4,11H2,1H3,(H,29,31). The number of halogens is 6. The molecule has 2 N–H and O–H groups in total. The van der Waals surface area contributed by atoms with E-state index in [-0.39, 0.29) is 32.3 Å². The molecular formula is C21H19Cl3F3N3O2. The van der Waals surface area contributed by atoms with Crippen LogP contribution >= 0.6 is 34.8 Å². The monoisotopic (exact) mass is 507 g/mol. The van der Waals surface area contributed by atoms with E-state index >= 15 is 0 Å². The lowest BCUT2D eigenvalue weighted by molar-refractivity contribution is -0.275. The van der Waals surface area contributed by atoms with Crippen molar-refractivity contribution in [3.05, 3.63) is 62.6 Å². The van der Waals surface area contributed by atoms with Crippen LogP contribution < -0.4 is 10.9 Å². The molecule has 5 nitrogen and oxygen atoms in total. The lowest BCUT2D eigenvalue weighted by atomic mass is 9.86. The first-order chi connectivity index (χ1) is 15.1. The van der Waals surface area contributed by atoms with Crippen molar-refractivity contribution in [1.82, 2.24) is 5.43 Å². The van der Waals surface area contributed by atoms with Gasteiger partial charge in [-0.15, -0.1) is 0 Å². The number of unbranched alkanes of at least 4 members (excludes halogenated alkanes) is 1. The summed E-state index contributed by atoms with van der Waals surface area (Å²) in [5, 5.41) is 4.08. The Morgan fingerprint density at radius 2 is 1.84 bits per heavy atom. The fourth-order valence-electron chi connectivity index (χ4n) is 3.18. The molecule has 0 spiro atoms. The van der Waals surface area contributed by atoms with Crippen molar-refractivity contribution in [2.75, 3.05) is 5.43 Å². The highest BCUT2D eigenvalue weighted by Gasteiger charge is 2.62. The molecular weight excluding hydrogens is 490 g/mol. The number of hydrogen-bond acceptors (Lipinski definition) is 4. The van der Waals surface area contributed by atoms with E-state index < -0.39 is 18.2 Å². The van der Waals surface area contributed by atoms with Gasteiger partial charge in [-0.1, -0.05) is 59.4 Å². The molecule has 1 amide bonds. The maximum Gasteiger partial charge on any atom is 0.435 e. The summed E-state index contributed by atoms with van der Waals surface area (Å²) in [5.41, 5.74) is 2.94. The molecule has 0 aliphatic carbocycles. The van der Waals surface area contributed by atoms with Crippen LogP contribution in [0.25, 0.3) is 0 Å². The number of amides is 1. The number of anilines is 1. The molecule has 172 valence electrons. The number of benzene rings is 2. The molecule has 11 heteroatoms. The molecule has 32 heavy (non-hydrogen) atoms. The van der Waals surface area contributed by atoms with E-state index in [1.54, 1.807) is 0 Å². The van der Waals surface area contributed by atoms with Crippen molar-refractivity contribution < 1.29 is 22.8 Å². The second kappa shape index (κ2) is 9.77. The first-order valence-electron chi connectivity index (χ1n) is 9.69. The summed E-state index contributed by atoms with van der Waals surface area (Å²) in [4.78, 5) is 16.8. The molecule has 0 saturated carbocycles. The first kappa shape index (κ1) is 24.5. The van der Waals surface area contributed by atoms with Crippen molar-refractivity contribution in [2.24, 2.45) is 5.16 Å². The van der Waals surface area contributed by atoms with E-state index in [4.69, 9.17) is 39.6 Å². The Balaban J connectivity index is 1.86. The lowest BCUT2D eigenvalue weighted by Gasteiger charge is -2.29. The van der Waals surface area contributed by atoms with Crippen molar-refractivity contribution >= 4 is 52.1 Å². The zero-order valence-electron chi connectivity index (χ0n) is 16.8. The van der Waals surface area contributed by atoms with Crippen LogP contribution in [0.3, 0.4) is 0 Å². The Morgan fingerprint density at radius 1 is 1.16 bits per heavy atom. The van der Waals surface area contributed by atoms with Crippen molar-refractivity contribution in [2.45, 2.75) is 44.4 Å². The molecule has 0 radical (unpaired) electrons. The van der Waals surface area contributed by atoms with Gasteiger partial charge in [-0.2, -0.15) is 13.2 Å². The predicted octanol–water partition coefficient (Wildman–Crippen LogP) is 6.86. The summed E-state index contributed by atoms with van der Waals surface area (Å²) in [5.74, 6) is -0.233. The minimum Gasteiger partial charge on any atom is -0.374 e. The fraction of sp³-hybridized carbons (Fsp3) is 0.333. The molecule has 1 aliphatic heterocycles. The van der Waals surface area contributed by atoms with E-state index in [9.17, 15) is 18.0 Å². The minimum absolute atomic E-state index is 0.0463. The van der Waals surface area contributed by atoms with E-state index in [0.717, 1.165) is 25.0 Å². The summed E-state index contributed by atoms with van der Waals surface area (Å²) in [6.45, 7) is 1.96. The molecule has 1 atom stereocenters. The number of carbonyl (C=O) groups is 1. The smallest absolute Gasteiger partial charge is 0.374 e. The van der Waals surface area contributed by atoms with Gasteiger partial charge < -0.3 is 4.84 Å². The van der Waals surface area contributed by atoms with Gasteiger partial charge in [0.15, 0.2) is 0 Å². The van der Waals surface area contributed by atoms with Gasteiger partial charge in [0.2, 0.25) is 5.91 Å². The Bertz CT molecular complexity index is 1030. The van der Waals surface area contributed by atoms with E-state index in [1.165, 1.54) is 24.3 Å². The number of hydrazine groups is 1. The Morgan fingerprint density at radius 3 is 2.47 bits per heavy atom. The highest BCUT2D eigenvalue weighted by Crippen LogP contribution is 2.49. The second-order valence-electron chi connectivity index (χ2n) is 7.26. The van der Waals surface area contributed by atoms with Crippen LogP contribution in [0.15, 0.2) is 41.6 Å². The van der Waals surface area contributed by atoms with Gasteiger partial charge in [0, 0.05) is 34.0 Å². The van der Waals surface area contributed by atoms with Crippen molar-refractivity contribution in [1.29, 1.82) is 0 Å². The van der Waals surface area contributed by atoms with E-state index in [2.05, 4.69) is 16.0 Å². The molecule has 3 rings (SSSR count). The summed E-state index contributed by atoms with van der Waals surface area (Å²) in [7, 11) is 0. The summed E-state index contributed by atoms with van der Waals surface area (Å²) in [6, 6.07) is 8.14. The molecule has 1 aliphatic rings. The van der Waals surface area contributed by atoms with Crippen molar-refractivity contribution in [3.8, 4) is 0 Å². The first-order valence-corrected chi connectivity index (χ1v) is 10.8. The van der Waals surface area contributed by atoms with Crippen LogP contribution in [-0.2, 0) is 15.2 Å². The third-order valence-electron chi connectivity index (χ3n) is 4.91. The number of rotatable bonds is 7. The van der Waals surface area contributed by atoms with Crippen LogP contribution in [0.1, 0.15) is 43.7 Å². The van der Waals surface area contributed by atoms with Crippen LogP contribution in [0.5, 0.6) is 0 Å². The third-order valence-corrected chi connectivity index (χ3v) is 5.67. The Hall–Kier alpha value is -2.16. The van der Waals surface area contributed by atoms with Gasteiger partial charge in [-0.05, 0) is 36.8 Å². The van der Waals surface area contributed by atoms with E-state index in [0.29, 0.717) is 17.7 Å². The number of nitrogens with zero attached hydrogens (tertiary/aromatic N) is 1. The largest absolute Gasteiger partial charge is 0.435 e. The van der Waals surface area contributed by atoms with Gasteiger partial charge >= 0.3 is 6.18 Å². The van der Waals surface area contributed by atoms with Gasteiger partial charge in [0.25, 0.3) is 5.60 Å². The molecule has 2 aromatic carbocycles. The van der Waals surface area contributed by atoms with Gasteiger partial charge in [0.05, 0.1) is 16.4 Å². The second-order valence-corrected chi connectivity index (χ2v) is 8.54. The number of hydrogen-bond donors (Lipinski definition) is 2. The molecule has 0 saturated heterocycles. The zero-order valence-corrected chi connectivity index (χ0v) is 19.1. The molecule has 0 fully saturated rings. The average Bonchev–Trinajstić information content (AvgIpc) is 3.18. The number of nitrogens with one attached hydrogen (secondary N) is 2. The fourth-order valence-corrected chi connectivity index (χ4v) is 3.87. The van der Waals surface area contributed by atoms with Gasteiger partial charge in [-0.25, -0.2) is 0 Å². The maximum atomic E-state index is 14.1. The summed E-state index contributed by atoms with van der Waals surface area (Å²) in [6.07, 6.45) is -3.48. The minimum atomic E-state index is -4.80. The van der Waals surface area contributed by atoms with Crippen LogP contribution in [-0.4, -0.2) is 17.8 Å². The quantitative estimate of drug-likeness (QED) is 0.402. The maximum absolute atomic E-state index is 14.1. The topological polar surface area (TPSA) is 62.7 Å². The highest BCUT2D eigenvalue weighted by atomic mass is 35.5. The van der Waals surface area contributed by atoms with Gasteiger partial charge in [-0.3, -0.25) is 15.6 Å². The number of oxime groups is 1. The highest BCUT2D eigenvalue weighted by molar-refractivity contribution is 6.34. The van der Waals surface area contributed by atoms with Crippen LogP contribution in [0.4, 0.5) is 18.9 Å². The lowest BCUT2D eigenvalue weighted by Crippen LogP contribution is -2.42. The predicted molar refractivity (Wildman–Crippen MR) is 119 cm³/mol. The Kier molecular flexibility index (Phi) is 7.47. The third kappa shape index (κ3) is 5.24. The molecule has 0 aromatic heterocycles. The SMILES string of the molecule is CCCCC(=O)NNc1cc(C2=NOC(c3cc(Cl)cc(Cl)c3)(C(F)(F)F)C2)ccc1Cl. The summed E-state index contributed by atoms with van der Waals surface area (Å²) < 4.78 is 42.4. The van der Waals surface area contributed by atoms with Crippen LogP contribution in [0.2, 0.25) is 15.1 Å². The molecule has 1 unspecified atom stereocenters. The zero-order chi connectivity index (χ0) is 23.5. The molecule has 2 aromatic rings. The normalized spacial score (nSPS) is 18.2.